The van der Waals surface area contributed by atoms with Crippen molar-refractivity contribution in [3.63, 3.8) is 0 Å². The fraction of sp³-hybridized carbons (Fsp3) is 0.273. The first-order valence-corrected chi connectivity index (χ1v) is 4.89. The third-order valence-electron chi connectivity index (χ3n) is 2.33. The highest BCUT2D eigenvalue weighted by atomic mass is 16.6. The van der Waals surface area contributed by atoms with Crippen LogP contribution in [-0.4, -0.2) is 31.8 Å². The molecule has 16 heavy (non-hydrogen) atoms. The van der Waals surface area contributed by atoms with E-state index in [0.29, 0.717) is 42.1 Å². The third kappa shape index (κ3) is 1.65. The average molecular weight is 221 g/mol. The van der Waals surface area contributed by atoms with E-state index in [4.69, 9.17) is 15.2 Å². The van der Waals surface area contributed by atoms with Gasteiger partial charge in [-0.25, -0.2) is 0 Å². The molecule has 5 nitrogen and oxygen atoms in total. The van der Waals surface area contributed by atoms with Crippen molar-refractivity contribution in [2.75, 3.05) is 19.8 Å². The van der Waals surface area contributed by atoms with Gasteiger partial charge in [0.25, 0.3) is 0 Å². The highest BCUT2D eigenvalue weighted by Gasteiger charge is 2.22. The van der Waals surface area contributed by atoms with Crippen molar-refractivity contribution in [1.82, 2.24) is 0 Å². The number of nitrogens with two attached hydrogens (primary N) is 1. The van der Waals surface area contributed by atoms with Gasteiger partial charge in [0.1, 0.15) is 13.2 Å². The molecule has 1 aromatic rings. The van der Waals surface area contributed by atoms with Crippen LogP contribution in [0.1, 0.15) is 20.7 Å². The van der Waals surface area contributed by atoms with Crippen LogP contribution in [0.3, 0.4) is 0 Å². The topological polar surface area (TPSA) is 78.6 Å². The van der Waals surface area contributed by atoms with Crippen molar-refractivity contribution >= 4 is 12.1 Å². The number of fused-ring (bicyclic) bond motifs is 1. The van der Waals surface area contributed by atoms with Crippen molar-refractivity contribution in [2.24, 2.45) is 5.73 Å². The van der Waals surface area contributed by atoms with Gasteiger partial charge in [0.05, 0.1) is 17.7 Å². The van der Waals surface area contributed by atoms with Crippen molar-refractivity contribution in [1.29, 1.82) is 0 Å². The van der Waals surface area contributed by atoms with Crippen LogP contribution >= 0.6 is 0 Å². The number of ether oxygens (including phenoxy) is 2. The van der Waals surface area contributed by atoms with Gasteiger partial charge in [-0.1, -0.05) is 0 Å². The Bertz CT molecular complexity index is 442. The molecule has 1 aliphatic rings. The summed E-state index contributed by atoms with van der Waals surface area (Å²) in [6.45, 7) is 0.629. The maximum absolute atomic E-state index is 11.5. The SMILES string of the molecule is NCC(=O)c1ccc(C=O)c2c1OCCO2. The molecule has 0 bridgehead atoms. The number of aldehydes is 1. The molecule has 0 atom stereocenters. The van der Waals surface area contributed by atoms with Gasteiger partial charge in [-0.15, -0.1) is 0 Å². The Balaban J connectivity index is 2.56. The molecule has 0 spiro atoms. The Morgan fingerprint density at radius 1 is 1.31 bits per heavy atom. The van der Waals surface area contributed by atoms with Gasteiger partial charge in [-0.2, -0.15) is 0 Å². The Morgan fingerprint density at radius 3 is 2.62 bits per heavy atom. The van der Waals surface area contributed by atoms with Crippen LogP contribution in [0.25, 0.3) is 0 Å². The number of ketones is 1. The van der Waals surface area contributed by atoms with Crippen LogP contribution in [-0.2, 0) is 0 Å². The Morgan fingerprint density at radius 2 is 2.00 bits per heavy atom. The summed E-state index contributed by atoms with van der Waals surface area (Å²) in [6, 6.07) is 3.07. The van der Waals surface area contributed by atoms with E-state index in [1.165, 1.54) is 12.1 Å². The number of carbonyl (C=O) groups excluding carboxylic acids is 2. The van der Waals surface area contributed by atoms with Crippen molar-refractivity contribution < 1.29 is 19.1 Å². The maximum atomic E-state index is 11.5. The maximum Gasteiger partial charge on any atom is 0.180 e. The first kappa shape index (κ1) is 10.6. The fourth-order valence-electron chi connectivity index (χ4n) is 1.58. The van der Waals surface area contributed by atoms with Crippen molar-refractivity contribution in [2.45, 2.75) is 0 Å². The van der Waals surface area contributed by atoms with E-state index in [1.54, 1.807) is 0 Å². The average Bonchev–Trinajstić information content (AvgIpc) is 2.36. The van der Waals surface area contributed by atoms with Gasteiger partial charge in [-0.05, 0) is 12.1 Å². The van der Waals surface area contributed by atoms with Gasteiger partial charge >= 0.3 is 0 Å². The standard InChI is InChI=1S/C11H11NO4/c12-5-9(14)8-2-1-7(6-13)10-11(8)16-4-3-15-10/h1-2,6H,3-5,12H2. The molecular formula is C11H11NO4. The van der Waals surface area contributed by atoms with E-state index in [1.807, 2.05) is 0 Å². The Hall–Kier alpha value is -1.88. The lowest BCUT2D eigenvalue weighted by Gasteiger charge is -2.21. The van der Waals surface area contributed by atoms with E-state index in [2.05, 4.69) is 0 Å². The second kappa shape index (κ2) is 4.32. The number of Topliss-reactive ketones (excluding diaryl/α,β-unsaturated/α-hetero) is 1. The summed E-state index contributed by atoms with van der Waals surface area (Å²) in [7, 11) is 0. The van der Waals surface area contributed by atoms with E-state index in [0.717, 1.165) is 0 Å². The van der Waals surface area contributed by atoms with Crippen molar-refractivity contribution in [3.05, 3.63) is 23.3 Å². The molecule has 1 aliphatic heterocycles. The minimum Gasteiger partial charge on any atom is -0.485 e. The molecule has 2 N–H and O–H groups in total. The predicted octanol–water partition coefficient (Wildman–Crippen LogP) is 0.412. The van der Waals surface area contributed by atoms with Gasteiger partial charge in [0.15, 0.2) is 23.6 Å². The predicted molar refractivity (Wildman–Crippen MR) is 56.2 cm³/mol. The monoisotopic (exact) mass is 221 g/mol. The molecule has 0 radical (unpaired) electrons. The molecule has 0 amide bonds. The lowest BCUT2D eigenvalue weighted by atomic mass is 10.1. The second-order valence-electron chi connectivity index (χ2n) is 3.30. The van der Waals surface area contributed by atoms with Gasteiger partial charge in [0, 0.05) is 0 Å². The van der Waals surface area contributed by atoms with Gasteiger partial charge in [0.2, 0.25) is 0 Å². The highest BCUT2D eigenvalue weighted by Crippen LogP contribution is 2.36. The summed E-state index contributed by atoms with van der Waals surface area (Å²) in [5.74, 6) is 0.422. The summed E-state index contributed by atoms with van der Waals surface area (Å²) >= 11 is 0. The molecule has 0 saturated carbocycles. The van der Waals surface area contributed by atoms with E-state index >= 15 is 0 Å². The normalized spacial score (nSPS) is 13.3. The lowest BCUT2D eigenvalue weighted by molar-refractivity contribution is 0.0987. The molecule has 0 unspecified atom stereocenters. The van der Waals surface area contributed by atoms with Crippen LogP contribution in [0.15, 0.2) is 12.1 Å². The first-order valence-electron chi connectivity index (χ1n) is 4.89. The van der Waals surface area contributed by atoms with E-state index in [9.17, 15) is 9.59 Å². The van der Waals surface area contributed by atoms with Crippen LogP contribution in [0.5, 0.6) is 11.5 Å². The zero-order valence-corrected chi connectivity index (χ0v) is 8.56. The molecule has 1 heterocycles. The van der Waals surface area contributed by atoms with Crippen LogP contribution in [0.2, 0.25) is 0 Å². The fourth-order valence-corrected chi connectivity index (χ4v) is 1.58. The molecule has 0 aliphatic carbocycles. The summed E-state index contributed by atoms with van der Waals surface area (Å²) in [4.78, 5) is 22.3. The molecule has 1 aromatic carbocycles. The Kier molecular flexibility index (Phi) is 2.87. The zero-order chi connectivity index (χ0) is 11.5. The molecular weight excluding hydrogens is 210 g/mol. The summed E-state index contributed by atoms with van der Waals surface area (Å²) in [6.07, 6.45) is 0.671. The molecule has 84 valence electrons. The Labute approximate surface area is 92.1 Å². The number of hydrogen-bond acceptors (Lipinski definition) is 5. The summed E-state index contributed by atoms with van der Waals surface area (Å²) in [5.41, 5.74) is 6.03. The van der Waals surface area contributed by atoms with Gasteiger partial charge < -0.3 is 15.2 Å². The van der Waals surface area contributed by atoms with E-state index < -0.39 is 0 Å². The quantitative estimate of drug-likeness (QED) is 0.590. The third-order valence-corrected chi connectivity index (χ3v) is 2.33. The number of benzene rings is 1. The molecule has 0 saturated heterocycles. The van der Waals surface area contributed by atoms with Crippen molar-refractivity contribution in [3.8, 4) is 11.5 Å². The molecule has 0 aromatic heterocycles. The molecule has 0 fully saturated rings. The first-order chi connectivity index (χ1) is 7.77. The largest absolute Gasteiger partial charge is 0.485 e. The smallest absolute Gasteiger partial charge is 0.180 e. The van der Waals surface area contributed by atoms with Crippen LogP contribution in [0.4, 0.5) is 0 Å². The van der Waals surface area contributed by atoms with Crippen LogP contribution < -0.4 is 15.2 Å². The summed E-state index contributed by atoms with van der Waals surface area (Å²) in [5, 5.41) is 0. The number of rotatable bonds is 3. The molecule has 2 rings (SSSR count). The lowest BCUT2D eigenvalue weighted by Crippen LogP contribution is -2.21. The number of hydrogen-bond donors (Lipinski definition) is 1. The minimum atomic E-state index is -0.237. The summed E-state index contributed by atoms with van der Waals surface area (Å²) < 4.78 is 10.7. The second-order valence-corrected chi connectivity index (χ2v) is 3.30. The number of carbonyl (C=O) groups is 2. The highest BCUT2D eigenvalue weighted by molar-refractivity contribution is 6.02. The molecule has 5 heteroatoms. The van der Waals surface area contributed by atoms with E-state index in [-0.39, 0.29) is 12.3 Å². The van der Waals surface area contributed by atoms with Gasteiger partial charge in [-0.3, -0.25) is 9.59 Å². The van der Waals surface area contributed by atoms with Crippen LogP contribution in [0, 0.1) is 0 Å². The minimum absolute atomic E-state index is 0.101. The zero-order valence-electron chi connectivity index (χ0n) is 8.56.